The van der Waals surface area contributed by atoms with Gasteiger partial charge in [0, 0.05) is 6.54 Å². The third-order valence-electron chi connectivity index (χ3n) is 2.35. The Morgan fingerprint density at radius 3 is 2.69 bits per heavy atom. The number of nitrogens with zero attached hydrogens (tertiary/aromatic N) is 1. The molecule has 0 unspecified atom stereocenters. The van der Waals surface area contributed by atoms with Crippen LogP contribution in [0, 0.1) is 0 Å². The molecule has 0 aliphatic carbocycles. The van der Waals surface area contributed by atoms with Crippen molar-refractivity contribution in [2.45, 2.75) is 45.4 Å². The Morgan fingerprint density at radius 2 is 2.19 bits per heavy atom. The third-order valence-corrected chi connectivity index (χ3v) is 2.35. The van der Waals surface area contributed by atoms with Gasteiger partial charge >= 0.3 is 6.09 Å². The monoisotopic (exact) mass is 231 g/mol. The van der Waals surface area contributed by atoms with E-state index in [9.17, 15) is 9.90 Å². The van der Waals surface area contributed by atoms with Crippen LogP contribution in [0.1, 0.15) is 27.7 Å². The van der Waals surface area contributed by atoms with Crippen molar-refractivity contribution in [1.29, 1.82) is 0 Å². The summed E-state index contributed by atoms with van der Waals surface area (Å²) < 4.78 is 10.5. The van der Waals surface area contributed by atoms with Gasteiger partial charge in [-0.3, -0.25) is 4.90 Å². The Labute approximate surface area is 96.3 Å². The lowest BCUT2D eigenvalue weighted by atomic mass is 10.1. The van der Waals surface area contributed by atoms with Crippen LogP contribution in [0.15, 0.2) is 0 Å². The maximum atomic E-state index is 11.9. The molecule has 16 heavy (non-hydrogen) atoms. The highest BCUT2D eigenvalue weighted by Crippen LogP contribution is 2.16. The van der Waals surface area contributed by atoms with E-state index in [0.717, 1.165) is 0 Å². The minimum atomic E-state index is -0.618. The highest BCUT2D eigenvalue weighted by atomic mass is 16.6. The number of hydrogen-bond donors (Lipinski definition) is 1. The lowest BCUT2D eigenvalue weighted by Crippen LogP contribution is -2.54. The summed E-state index contributed by atoms with van der Waals surface area (Å²) in [7, 11) is 0. The zero-order valence-corrected chi connectivity index (χ0v) is 10.4. The van der Waals surface area contributed by atoms with Crippen molar-refractivity contribution in [3.8, 4) is 0 Å². The summed E-state index contributed by atoms with van der Waals surface area (Å²) in [5, 5.41) is 9.57. The lowest BCUT2D eigenvalue weighted by molar-refractivity contribution is -0.0623. The van der Waals surface area contributed by atoms with Crippen LogP contribution in [-0.2, 0) is 9.47 Å². The molecule has 1 N–H and O–H groups in total. The van der Waals surface area contributed by atoms with Crippen molar-refractivity contribution in [2.24, 2.45) is 0 Å². The van der Waals surface area contributed by atoms with Gasteiger partial charge in [-0.15, -0.1) is 0 Å². The number of carbonyl (C=O) groups excluding carboxylic acids is 1. The Kier molecular flexibility index (Phi) is 4.15. The molecule has 0 aromatic rings. The largest absolute Gasteiger partial charge is 0.444 e. The number of rotatable bonds is 1. The van der Waals surface area contributed by atoms with E-state index >= 15 is 0 Å². The number of amides is 1. The van der Waals surface area contributed by atoms with Crippen LogP contribution in [0.5, 0.6) is 0 Å². The average molecular weight is 231 g/mol. The molecule has 1 heterocycles. The maximum absolute atomic E-state index is 11.9. The molecule has 0 aromatic heterocycles. The molecule has 1 amide bonds. The van der Waals surface area contributed by atoms with Crippen molar-refractivity contribution in [1.82, 2.24) is 4.90 Å². The second-order valence-electron chi connectivity index (χ2n) is 5.06. The highest BCUT2D eigenvalue weighted by Gasteiger charge is 2.33. The molecular weight excluding hydrogens is 210 g/mol. The number of morpholine rings is 1. The van der Waals surface area contributed by atoms with Gasteiger partial charge < -0.3 is 14.6 Å². The second-order valence-corrected chi connectivity index (χ2v) is 5.06. The van der Waals surface area contributed by atoms with E-state index in [1.54, 1.807) is 11.8 Å². The summed E-state index contributed by atoms with van der Waals surface area (Å²) in [5.41, 5.74) is -0.515. The van der Waals surface area contributed by atoms with E-state index in [-0.39, 0.29) is 12.1 Å². The summed E-state index contributed by atoms with van der Waals surface area (Å²) in [6.45, 7) is 8.43. The first-order chi connectivity index (χ1) is 7.31. The molecule has 0 radical (unpaired) electrons. The van der Waals surface area contributed by atoms with Gasteiger partial charge in [0.2, 0.25) is 0 Å². The third kappa shape index (κ3) is 3.64. The minimum absolute atomic E-state index is 0.316. The van der Waals surface area contributed by atoms with E-state index in [1.807, 2.05) is 20.8 Å². The topological polar surface area (TPSA) is 59.0 Å². The van der Waals surface area contributed by atoms with E-state index in [2.05, 4.69) is 0 Å². The van der Waals surface area contributed by atoms with Crippen molar-refractivity contribution < 1.29 is 19.4 Å². The number of aliphatic hydroxyl groups excluding tert-OH is 1. The standard InChI is InChI=1S/C11H21NO4/c1-8(13)9-7-15-6-5-12(9)10(14)16-11(2,3)4/h8-9,13H,5-7H2,1-4H3/t8-,9-/m0/s1. The van der Waals surface area contributed by atoms with Gasteiger partial charge in [-0.2, -0.15) is 0 Å². The van der Waals surface area contributed by atoms with E-state index in [0.29, 0.717) is 19.8 Å². The van der Waals surface area contributed by atoms with Crippen molar-refractivity contribution >= 4 is 6.09 Å². The highest BCUT2D eigenvalue weighted by molar-refractivity contribution is 5.68. The minimum Gasteiger partial charge on any atom is -0.444 e. The molecule has 0 spiro atoms. The SMILES string of the molecule is C[C@H](O)[C@@H]1COCCN1C(=O)OC(C)(C)C. The van der Waals surface area contributed by atoms with Crippen LogP contribution in [-0.4, -0.2) is 53.6 Å². The van der Waals surface area contributed by atoms with E-state index in [4.69, 9.17) is 9.47 Å². The molecular formula is C11H21NO4. The molecule has 0 saturated carbocycles. The van der Waals surface area contributed by atoms with Crippen molar-refractivity contribution in [3.63, 3.8) is 0 Å². The molecule has 0 aromatic carbocycles. The second kappa shape index (κ2) is 5.01. The lowest BCUT2D eigenvalue weighted by Gasteiger charge is -2.37. The van der Waals surface area contributed by atoms with Gasteiger partial charge in [0.25, 0.3) is 0 Å². The zero-order chi connectivity index (χ0) is 12.3. The van der Waals surface area contributed by atoms with Gasteiger partial charge in [-0.25, -0.2) is 4.79 Å². The zero-order valence-electron chi connectivity index (χ0n) is 10.4. The van der Waals surface area contributed by atoms with E-state index in [1.165, 1.54) is 0 Å². The normalized spacial score (nSPS) is 24.1. The molecule has 94 valence electrons. The van der Waals surface area contributed by atoms with Gasteiger partial charge in [0.1, 0.15) is 5.60 Å². The average Bonchev–Trinajstić information content (AvgIpc) is 2.15. The molecule has 0 bridgehead atoms. The van der Waals surface area contributed by atoms with Crippen LogP contribution in [0.4, 0.5) is 4.79 Å². The summed E-state index contributed by atoms with van der Waals surface area (Å²) in [6.07, 6.45) is -1.01. The van der Waals surface area contributed by atoms with Gasteiger partial charge in [0.05, 0.1) is 25.4 Å². The van der Waals surface area contributed by atoms with Gasteiger partial charge in [0.15, 0.2) is 0 Å². The number of carbonyl (C=O) groups is 1. The Bertz CT molecular complexity index is 247. The van der Waals surface area contributed by atoms with Crippen LogP contribution in [0.3, 0.4) is 0 Å². The molecule has 5 nitrogen and oxygen atoms in total. The fourth-order valence-corrected chi connectivity index (χ4v) is 1.57. The molecule has 1 saturated heterocycles. The number of aliphatic hydroxyl groups is 1. The quantitative estimate of drug-likeness (QED) is 0.731. The Hall–Kier alpha value is -0.810. The Morgan fingerprint density at radius 1 is 1.56 bits per heavy atom. The van der Waals surface area contributed by atoms with Gasteiger partial charge in [-0.1, -0.05) is 0 Å². The summed E-state index contributed by atoms with van der Waals surface area (Å²) in [4.78, 5) is 13.4. The first-order valence-corrected chi connectivity index (χ1v) is 5.56. The molecule has 1 aliphatic rings. The van der Waals surface area contributed by atoms with Crippen molar-refractivity contribution in [3.05, 3.63) is 0 Å². The van der Waals surface area contributed by atoms with Crippen LogP contribution >= 0.6 is 0 Å². The first kappa shape index (κ1) is 13.3. The van der Waals surface area contributed by atoms with Crippen LogP contribution in [0.2, 0.25) is 0 Å². The predicted octanol–water partition coefficient (Wildman–Crippen LogP) is 1.00. The molecule has 1 fully saturated rings. The molecule has 2 atom stereocenters. The summed E-state index contributed by atoms with van der Waals surface area (Å²) >= 11 is 0. The summed E-state index contributed by atoms with van der Waals surface area (Å²) in [5.74, 6) is 0. The molecule has 1 rings (SSSR count). The molecule has 1 aliphatic heterocycles. The van der Waals surface area contributed by atoms with Crippen molar-refractivity contribution in [2.75, 3.05) is 19.8 Å². The number of hydrogen-bond acceptors (Lipinski definition) is 4. The number of ether oxygens (including phenoxy) is 2. The summed E-state index contributed by atoms with van der Waals surface area (Å²) in [6, 6.07) is -0.316. The fraction of sp³-hybridized carbons (Fsp3) is 0.909. The van der Waals surface area contributed by atoms with Gasteiger partial charge in [-0.05, 0) is 27.7 Å². The molecule has 5 heteroatoms. The fourth-order valence-electron chi connectivity index (χ4n) is 1.57. The maximum Gasteiger partial charge on any atom is 0.410 e. The van der Waals surface area contributed by atoms with Crippen LogP contribution < -0.4 is 0 Å². The smallest absolute Gasteiger partial charge is 0.410 e. The van der Waals surface area contributed by atoms with Crippen LogP contribution in [0.25, 0.3) is 0 Å². The first-order valence-electron chi connectivity index (χ1n) is 5.56. The van der Waals surface area contributed by atoms with E-state index < -0.39 is 11.7 Å². The Balaban J connectivity index is 2.64. The predicted molar refractivity (Wildman–Crippen MR) is 59.2 cm³/mol.